The zero-order valence-corrected chi connectivity index (χ0v) is 18.4. The molecule has 1 aliphatic carbocycles. The summed E-state index contributed by atoms with van der Waals surface area (Å²) in [5, 5.41) is 1.11. The van der Waals surface area contributed by atoms with Crippen molar-refractivity contribution in [2.45, 2.75) is 37.5 Å². The number of carbonyl (C=O) groups excluding carboxylic acids is 1. The highest BCUT2D eigenvalue weighted by Gasteiger charge is 2.58. The van der Waals surface area contributed by atoms with Crippen molar-refractivity contribution in [2.75, 3.05) is 26.5 Å². The van der Waals surface area contributed by atoms with Crippen molar-refractivity contribution in [3.05, 3.63) is 29.5 Å². The number of rotatable bonds is 3. The SMILES string of the molecule is CO[C@@H]1[C@H]2C(=O)O[C@@H]1C[C@@H]1CN3CCc4c([nH]c5cc(OS(C)(=O)=O)ccc45)[C@H]3C[C@@H]12. The molecule has 2 bridgehead atoms. The van der Waals surface area contributed by atoms with Crippen molar-refractivity contribution >= 4 is 27.0 Å². The average Bonchev–Trinajstić information content (AvgIpc) is 3.18. The Kier molecular flexibility index (Phi) is 4.23. The van der Waals surface area contributed by atoms with Crippen molar-refractivity contribution < 1.29 is 26.9 Å². The van der Waals surface area contributed by atoms with E-state index in [-0.39, 0.29) is 36.1 Å². The summed E-state index contributed by atoms with van der Waals surface area (Å²) in [6.07, 6.45) is 3.51. The van der Waals surface area contributed by atoms with Gasteiger partial charge in [-0.05, 0) is 48.8 Å². The van der Waals surface area contributed by atoms with Crippen molar-refractivity contribution in [3.8, 4) is 5.75 Å². The quantitative estimate of drug-likeness (QED) is 0.569. The lowest BCUT2D eigenvalue weighted by Crippen LogP contribution is -2.53. The van der Waals surface area contributed by atoms with E-state index in [1.807, 2.05) is 6.07 Å². The smallest absolute Gasteiger partial charge is 0.312 e. The van der Waals surface area contributed by atoms with Crippen LogP contribution in [-0.2, 0) is 30.8 Å². The van der Waals surface area contributed by atoms with Gasteiger partial charge in [-0.1, -0.05) is 0 Å². The Balaban J connectivity index is 1.36. The average molecular weight is 447 g/mol. The second-order valence-electron chi connectivity index (χ2n) is 9.37. The number of ether oxygens (including phenoxy) is 2. The van der Waals surface area contributed by atoms with Crippen LogP contribution in [0.1, 0.15) is 30.1 Å². The van der Waals surface area contributed by atoms with Gasteiger partial charge in [-0.15, -0.1) is 0 Å². The van der Waals surface area contributed by atoms with E-state index in [1.165, 1.54) is 11.3 Å². The van der Waals surface area contributed by atoms with Gasteiger partial charge in [0.25, 0.3) is 0 Å². The molecule has 2 aromatic rings. The van der Waals surface area contributed by atoms with Gasteiger partial charge in [0.05, 0.1) is 18.2 Å². The van der Waals surface area contributed by atoms with Gasteiger partial charge < -0.3 is 18.6 Å². The zero-order valence-electron chi connectivity index (χ0n) is 17.5. The molecule has 8 nitrogen and oxygen atoms in total. The van der Waals surface area contributed by atoms with E-state index in [9.17, 15) is 13.2 Å². The molecule has 4 aliphatic rings. The molecule has 3 fully saturated rings. The Labute approximate surface area is 181 Å². The first kappa shape index (κ1) is 19.6. The summed E-state index contributed by atoms with van der Waals surface area (Å²) >= 11 is 0. The minimum atomic E-state index is -3.58. The zero-order chi connectivity index (χ0) is 21.5. The van der Waals surface area contributed by atoms with Crippen LogP contribution in [0.5, 0.6) is 5.75 Å². The first-order chi connectivity index (χ1) is 14.8. The maximum atomic E-state index is 12.6. The van der Waals surface area contributed by atoms with Crippen molar-refractivity contribution in [1.29, 1.82) is 0 Å². The monoisotopic (exact) mass is 446 g/mol. The van der Waals surface area contributed by atoms with Gasteiger partial charge in [-0.2, -0.15) is 8.42 Å². The lowest BCUT2D eigenvalue weighted by molar-refractivity contribution is -0.144. The third kappa shape index (κ3) is 3.01. The van der Waals surface area contributed by atoms with Gasteiger partial charge in [-0.3, -0.25) is 9.69 Å². The van der Waals surface area contributed by atoms with Gasteiger partial charge in [0.1, 0.15) is 18.0 Å². The van der Waals surface area contributed by atoms with Gasteiger partial charge in [-0.25, -0.2) is 0 Å². The molecule has 1 aromatic carbocycles. The number of esters is 1. The molecule has 6 rings (SSSR count). The Morgan fingerprint density at radius 1 is 1.26 bits per heavy atom. The number of aromatic nitrogens is 1. The molecule has 1 N–H and O–H groups in total. The number of nitrogens with zero attached hydrogens (tertiary/aromatic N) is 1. The third-order valence-electron chi connectivity index (χ3n) is 7.68. The van der Waals surface area contributed by atoms with Crippen LogP contribution < -0.4 is 4.18 Å². The molecule has 0 unspecified atom stereocenters. The fraction of sp³-hybridized carbons (Fsp3) is 0.591. The van der Waals surface area contributed by atoms with E-state index in [1.54, 1.807) is 19.2 Å². The number of piperidine rings is 1. The standard InChI is InChI=1S/C22H26N2O6S/c1-28-21-18-7-11-10-24-6-5-14-13-4-3-12(30-31(2,26)27)8-16(13)23-20(14)17(24)9-15(11)19(21)22(25)29-18/h3-4,8,11,15,17-19,21,23H,5-7,9-10H2,1-2H3/t11-,15+,17-,18-,19+,21+/m1/s1. The number of nitrogens with one attached hydrogen (secondary N) is 1. The van der Waals surface area contributed by atoms with E-state index in [4.69, 9.17) is 13.7 Å². The topological polar surface area (TPSA) is 97.9 Å². The molecular formula is C22H26N2O6S. The summed E-state index contributed by atoms with van der Waals surface area (Å²) in [7, 11) is -1.90. The summed E-state index contributed by atoms with van der Waals surface area (Å²) < 4.78 is 39.4. The molecule has 0 amide bonds. The predicted octanol–water partition coefficient (Wildman–Crippen LogP) is 2.00. The predicted molar refractivity (Wildman–Crippen MR) is 112 cm³/mol. The minimum Gasteiger partial charge on any atom is -0.459 e. The molecule has 2 saturated heterocycles. The van der Waals surface area contributed by atoms with E-state index in [2.05, 4.69) is 9.88 Å². The van der Waals surface area contributed by atoms with Crippen molar-refractivity contribution in [3.63, 3.8) is 0 Å². The summed E-state index contributed by atoms with van der Waals surface area (Å²) in [4.78, 5) is 18.7. The van der Waals surface area contributed by atoms with Crippen LogP contribution in [0.3, 0.4) is 0 Å². The highest BCUT2D eigenvalue weighted by Crippen LogP contribution is 2.52. The summed E-state index contributed by atoms with van der Waals surface area (Å²) in [6, 6.07) is 5.61. The summed E-state index contributed by atoms with van der Waals surface area (Å²) in [5.41, 5.74) is 3.35. The van der Waals surface area contributed by atoms with Crippen LogP contribution >= 0.6 is 0 Å². The maximum Gasteiger partial charge on any atom is 0.312 e. The lowest BCUT2D eigenvalue weighted by Gasteiger charge is -2.50. The highest BCUT2D eigenvalue weighted by molar-refractivity contribution is 7.86. The summed E-state index contributed by atoms with van der Waals surface area (Å²) in [6.45, 7) is 1.94. The number of methoxy groups -OCH3 is 1. The largest absolute Gasteiger partial charge is 0.459 e. The van der Waals surface area contributed by atoms with Crippen LogP contribution in [0, 0.1) is 17.8 Å². The van der Waals surface area contributed by atoms with Crippen LogP contribution in [-0.4, -0.2) is 62.9 Å². The molecule has 31 heavy (non-hydrogen) atoms. The fourth-order valence-electron chi connectivity index (χ4n) is 6.55. The fourth-order valence-corrected chi connectivity index (χ4v) is 7.00. The minimum absolute atomic E-state index is 0.104. The van der Waals surface area contributed by atoms with E-state index in [0.29, 0.717) is 11.7 Å². The highest BCUT2D eigenvalue weighted by atomic mass is 32.2. The van der Waals surface area contributed by atoms with Crippen LogP contribution in [0.4, 0.5) is 0 Å². The van der Waals surface area contributed by atoms with E-state index in [0.717, 1.165) is 49.5 Å². The molecule has 6 atom stereocenters. The molecule has 3 aliphatic heterocycles. The molecule has 1 saturated carbocycles. The lowest BCUT2D eigenvalue weighted by atomic mass is 9.65. The van der Waals surface area contributed by atoms with Gasteiger partial charge in [0, 0.05) is 42.9 Å². The normalized spacial score (nSPS) is 34.7. The van der Waals surface area contributed by atoms with Crippen LogP contribution in [0.2, 0.25) is 0 Å². The molecular weight excluding hydrogens is 420 g/mol. The first-order valence-electron chi connectivity index (χ1n) is 10.8. The number of hydrogen-bond donors (Lipinski definition) is 1. The third-order valence-corrected chi connectivity index (χ3v) is 8.17. The van der Waals surface area contributed by atoms with Crippen molar-refractivity contribution in [1.82, 2.24) is 9.88 Å². The van der Waals surface area contributed by atoms with Crippen LogP contribution in [0.25, 0.3) is 10.9 Å². The Morgan fingerprint density at radius 3 is 2.87 bits per heavy atom. The number of carbonyl (C=O) groups is 1. The van der Waals surface area contributed by atoms with Crippen molar-refractivity contribution in [2.24, 2.45) is 17.8 Å². The Bertz CT molecular complexity index is 1170. The maximum absolute atomic E-state index is 12.6. The molecule has 4 heterocycles. The van der Waals surface area contributed by atoms with E-state index >= 15 is 0 Å². The molecule has 1 aromatic heterocycles. The van der Waals surface area contributed by atoms with Gasteiger partial charge in [0.15, 0.2) is 0 Å². The molecule has 9 heteroatoms. The number of H-pyrrole nitrogens is 1. The number of fused-ring (bicyclic) bond motifs is 9. The molecule has 0 radical (unpaired) electrons. The second-order valence-corrected chi connectivity index (χ2v) is 10.9. The van der Waals surface area contributed by atoms with Gasteiger partial charge >= 0.3 is 16.1 Å². The second kappa shape index (κ2) is 6.70. The van der Waals surface area contributed by atoms with Gasteiger partial charge in [0.2, 0.25) is 0 Å². The number of benzene rings is 1. The van der Waals surface area contributed by atoms with Crippen LogP contribution in [0.15, 0.2) is 18.2 Å². The molecule has 166 valence electrons. The first-order valence-corrected chi connectivity index (χ1v) is 12.7. The number of hydrogen-bond acceptors (Lipinski definition) is 7. The van der Waals surface area contributed by atoms with E-state index < -0.39 is 10.1 Å². The Hall–Kier alpha value is -2.10. The summed E-state index contributed by atoms with van der Waals surface area (Å²) in [5.74, 6) is 0.723. The molecule has 0 spiro atoms. The number of aromatic amines is 1. The Morgan fingerprint density at radius 2 is 2.10 bits per heavy atom.